The Morgan fingerprint density at radius 2 is 1.98 bits per heavy atom. The van der Waals surface area contributed by atoms with Crippen molar-refractivity contribution in [2.75, 3.05) is 0 Å². The number of aliphatic imine (C=N–C) groups is 1. The fourth-order valence-corrected chi connectivity index (χ4v) is 4.44. The van der Waals surface area contributed by atoms with E-state index in [1.807, 2.05) is 22.8 Å². The number of pyridine rings is 1. The minimum Gasteiger partial charge on any atom is -0.475 e. The molecule has 0 saturated carbocycles. The van der Waals surface area contributed by atoms with Crippen LogP contribution < -0.4 is 5.56 Å². The van der Waals surface area contributed by atoms with E-state index in [-0.39, 0.29) is 5.56 Å². The van der Waals surface area contributed by atoms with E-state index >= 15 is 0 Å². The first-order valence-electron chi connectivity index (χ1n) is 12.3. The van der Waals surface area contributed by atoms with Crippen LogP contribution in [0.1, 0.15) is 55.0 Å². The number of halogens is 4. The zero-order chi connectivity index (χ0) is 28.9. The zero-order valence-corrected chi connectivity index (χ0v) is 22.8. The van der Waals surface area contributed by atoms with Gasteiger partial charge in [-0.1, -0.05) is 31.0 Å². The molecule has 0 aliphatic carbocycles. The average Bonchev–Trinajstić information content (AvgIpc) is 3.64. The molecular formula is C24H24BrF3N8O4. The highest BCUT2D eigenvalue weighted by Crippen LogP contribution is 2.28. The van der Waals surface area contributed by atoms with Gasteiger partial charge in [-0.05, 0) is 34.5 Å². The van der Waals surface area contributed by atoms with Gasteiger partial charge in [0.2, 0.25) is 11.7 Å². The van der Waals surface area contributed by atoms with Gasteiger partial charge in [0.15, 0.2) is 5.82 Å². The van der Waals surface area contributed by atoms with Crippen LogP contribution in [-0.4, -0.2) is 56.2 Å². The normalized spacial score (nSPS) is 12.7. The third-order valence-corrected chi connectivity index (χ3v) is 6.31. The van der Waals surface area contributed by atoms with Gasteiger partial charge in [-0.15, -0.1) is 10.2 Å². The number of aryl methyl sites for hydroxylation is 3. The molecule has 0 amide bonds. The Morgan fingerprint density at radius 3 is 2.65 bits per heavy atom. The number of rotatable bonds is 9. The second-order valence-electron chi connectivity index (χ2n) is 8.79. The maximum Gasteiger partial charge on any atom is 0.490 e. The monoisotopic (exact) mass is 624 g/mol. The van der Waals surface area contributed by atoms with Crippen molar-refractivity contribution in [3.05, 3.63) is 63.5 Å². The number of carboxylic acid groups (broad SMARTS) is 1. The number of aromatic nitrogens is 7. The van der Waals surface area contributed by atoms with Crippen LogP contribution in [0.2, 0.25) is 0 Å². The highest BCUT2D eigenvalue weighted by molar-refractivity contribution is 9.18. The van der Waals surface area contributed by atoms with Gasteiger partial charge in [0, 0.05) is 37.7 Å². The summed E-state index contributed by atoms with van der Waals surface area (Å²) in [5.74, 6) is 0.103. The summed E-state index contributed by atoms with van der Waals surface area (Å²) in [6.07, 6.45) is 1.74. The van der Waals surface area contributed by atoms with Gasteiger partial charge in [-0.2, -0.15) is 18.2 Å². The number of hydrogen-bond donors (Lipinski definition) is 1. The Balaban J connectivity index is 0.000000470. The molecule has 5 rings (SSSR count). The minimum atomic E-state index is -5.08. The molecule has 0 saturated heterocycles. The highest BCUT2D eigenvalue weighted by Gasteiger charge is 2.38. The number of carboxylic acids is 1. The molecule has 0 atom stereocenters. The first-order chi connectivity index (χ1) is 19.1. The molecule has 0 aromatic carbocycles. The molecule has 1 N–H and O–H groups in total. The van der Waals surface area contributed by atoms with Gasteiger partial charge in [-0.25, -0.2) is 14.2 Å². The molecular weight excluding hydrogens is 601 g/mol. The first-order valence-corrected chi connectivity index (χ1v) is 13.1. The van der Waals surface area contributed by atoms with Crippen LogP contribution in [0.25, 0.3) is 5.78 Å². The Kier molecular flexibility index (Phi) is 9.07. The average molecular weight is 625 g/mol. The Bertz CT molecular complexity index is 1580. The Hall–Kier alpha value is -3.95. The molecule has 0 unspecified atom stereocenters. The van der Waals surface area contributed by atoms with Crippen molar-refractivity contribution in [1.29, 1.82) is 0 Å². The summed E-state index contributed by atoms with van der Waals surface area (Å²) in [6, 6.07) is 5.71. The van der Waals surface area contributed by atoms with Crippen LogP contribution in [0.5, 0.6) is 0 Å². The molecule has 0 radical (unpaired) electrons. The van der Waals surface area contributed by atoms with Crippen LogP contribution in [0.15, 0.2) is 38.7 Å². The molecule has 4 aromatic heterocycles. The van der Waals surface area contributed by atoms with Gasteiger partial charge in [0.1, 0.15) is 11.6 Å². The second kappa shape index (κ2) is 12.5. The maximum absolute atomic E-state index is 13.3. The van der Waals surface area contributed by atoms with Gasteiger partial charge < -0.3 is 9.63 Å². The van der Waals surface area contributed by atoms with Crippen LogP contribution in [0.4, 0.5) is 19.0 Å². The SMILES string of the molecule is CCCCCn1c2c(c(=O)n3c(CCc4nc(Cc5ccccn5)no4)nnc13)CC(Br)=N2.O=C(O)C(F)(F)F. The van der Waals surface area contributed by atoms with E-state index in [1.165, 1.54) is 0 Å². The summed E-state index contributed by atoms with van der Waals surface area (Å²) in [4.78, 5) is 35.5. The van der Waals surface area contributed by atoms with Crippen molar-refractivity contribution in [1.82, 2.24) is 34.3 Å². The topological polar surface area (TPSA) is 154 Å². The number of fused-ring (bicyclic) bond motifs is 2. The summed E-state index contributed by atoms with van der Waals surface area (Å²) in [7, 11) is 0. The molecule has 5 heterocycles. The largest absolute Gasteiger partial charge is 0.490 e. The molecule has 0 fully saturated rings. The van der Waals surface area contributed by atoms with Crippen molar-refractivity contribution in [2.45, 2.75) is 64.6 Å². The number of carbonyl (C=O) groups is 1. The molecule has 1 aliphatic rings. The Morgan fingerprint density at radius 1 is 1.20 bits per heavy atom. The summed E-state index contributed by atoms with van der Waals surface area (Å²) >= 11 is 3.46. The van der Waals surface area contributed by atoms with E-state index in [1.54, 1.807) is 10.6 Å². The van der Waals surface area contributed by atoms with E-state index in [2.05, 4.69) is 53.2 Å². The quantitative estimate of drug-likeness (QED) is 0.273. The molecule has 16 heteroatoms. The number of nitrogens with zero attached hydrogens (tertiary/aromatic N) is 8. The lowest BCUT2D eigenvalue weighted by atomic mass is 10.2. The molecule has 12 nitrogen and oxygen atoms in total. The number of unbranched alkanes of at least 4 members (excludes halogenated alkanes) is 2. The Labute approximate surface area is 233 Å². The molecule has 0 spiro atoms. The molecule has 40 heavy (non-hydrogen) atoms. The van der Waals surface area contributed by atoms with Crippen LogP contribution in [-0.2, 0) is 37.0 Å². The predicted molar refractivity (Wildman–Crippen MR) is 139 cm³/mol. The van der Waals surface area contributed by atoms with E-state index in [0.717, 1.165) is 36.1 Å². The summed E-state index contributed by atoms with van der Waals surface area (Å²) < 4.78 is 41.5. The smallest absolute Gasteiger partial charge is 0.475 e. The highest BCUT2D eigenvalue weighted by atomic mass is 79.9. The number of alkyl halides is 3. The minimum absolute atomic E-state index is 0.119. The van der Waals surface area contributed by atoms with Gasteiger partial charge in [0.25, 0.3) is 5.56 Å². The van der Waals surface area contributed by atoms with Crippen molar-refractivity contribution in [3.8, 4) is 0 Å². The second-order valence-corrected chi connectivity index (χ2v) is 9.70. The van der Waals surface area contributed by atoms with E-state index in [9.17, 15) is 18.0 Å². The van der Waals surface area contributed by atoms with Crippen LogP contribution >= 0.6 is 15.9 Å². The van der Waals surface area contributed by atoms with Crippen molar-refractivity contribution < 1.29 is 27.6 Å². The number of aliphatic carboxylic acids is 1. The van der Waals surface area contributed by atoms with Gasteiger partial charge in [-0.3, -0.25) is 14.3 Å². The van der Waals surface area contributed by atoms with Crippen molar-refractivity contribution in [2.24, 2.45) is 4.99 Å². The predicted octanol–water partition coefficient (Wildman–Crippen LogP) is 3.85. The first kappa shape index (κ1) is 29.0. The fraction of sp³-hybridized carbons (Fsp3) is 0.417. The maximum atomic E-state index is 13.3. The van der Waals surface area contributed by atoms with E-state index < -0.39 is 12.1 Å². The number of hydrogen-bond acceptors (Lipinski definition) is 9. The molecule has 1 aliphatic heterocycles. The lowest BCUT2D eigenvalue weighted by molar-refractivity contribution is -0.192. The van der Waals surface area contributed by atoms with Crippen molar-refractivity contribution >= 4 is 38.1 Å². The standard InChI is InChI=1S/C22H23BrN8O2.C2HF3O2/c1-2-3-6-11-30-20-15(13-16(23)25-20)21(32)31-18(27-28-22(30)31)8-9-19-26-17(29-33-19)12-14-7-4-5-10-24-14;3-2(4,5)1(6)7/h4-5,7,10H,2-3,6,8-9,11-13H2,1H3;(H,6,7). The lowest BCUT2D eigenvalue weighted by Crippen LogP contribution is -2.24. The lowest BCUT2D eigenvalue weighted by Gasteiger charge is -2.12. The molecule has 0 bridgehead atoms. The third-order valence-electron chi connectivity index (χ3n) is 5.86. The summed E-state index contributed by atoms with van der Waals surface area (Å²) in [5.41, 5.74) is 1.42. The van der Waals surface area contributed by atoms with Gasteiger partial charge in [0.05, 0.1) is 16.6 Å². The van der Waals surface area contributed by atoms with E-state index in [0.29, 0.717) is 60.4 Å². The van der Waals surface area contributed by atoms with Crippen LogP contribution in [0.3, 0.4) is 0 Å². The summed E-state index contributed by atoms with van der Waals surface area (Å²) in [5, 5.41) is 19.8. The third kappa shape index (κ3) is 6.78. The molecule has 4 aromatic rings. The zero-order valence-electron chi connectivity index (χ0n) is 21.2. The van der Waals surface area contributed by atoms with Crippen LogP contribution in [0, 0.1) is 0 Å². The fourth-order valence-electron chi connectivity index (χ4n) is 4.00. The van der Waals surface area contributed by atoms with Gasteiger partial charge >= 0.3 is 12.1 Å². The molecule has 212 valence electrons. The van der Waals surface area contributed by atoms with Crippen molar-refractivity contribution in [3.63, 3.8) is 0 Å². The van der Waals surface area contributed by atoms with E-state index in [4.69, 9.17) is 14.4 Å². The summed E-state index contributed by atoms with van der Waals surface area (Å²) in [6.45, 7) is 2.90.